The molecule has 208 valence electrons. The van der Waals surface area contributed by atoms with Crippen LogP contribution in [0.4, 0.5) is 13.2 Å². The number of imidazole rings is 1. The van der Waals surface area contributed by atoms with Gasteiger partial charge in [-0.25, -0.2) is 22.9 Å². The van der Waals surface area contributed by atoms with E-state index in [1.807, 2.05) is 4.57 Å². The molecule has 1 saturated carbocycles. The molecule has 0 unspecified atom stereocenters. The number of aromatic carboxylic acids is 1. The molecule has 1 aliphatic rings. The fraction of sp³-hybridized carbons (Fsp3) is 0.212. The highest BCUT2D eigenvalue weighted by atomic mass is 19.1. The number of hydrogen-bond acceptors (Lipinski definition) is 3. The molecule has 8 heteroatoms. The number of nitrogens with zero attached hydrogens (tertiary/aromatic N) is 2. The van der Waals surface area contributed by atoms with Gasteiger partial charge in [-0.3, -0.25) is 0 Å². The highest BCUT2D eigenvalue weighted by Gasteiger charge is 2.28. The lowest BCUT2D eigenvalue weighted by Crippen LogP contribution is -2.14. The van der Waals surface area contributed by atoms with Gasteiger partial charge in [0.2, 0.25) is 0 Å². The smallest absolute Gasteiger partial charge is 0.335 e. The summed E-state index contributed by atoms with van der Waals surface area (Å²) in [5.41, 5.74) is 2.46. The molecule has 6 rings (SSSR count). The van der Waals surface area contributed by atoms with Crippen LogP contribution in [0.2, 0.25) is 0 Å². The Morgan fingerprint density at radius 1 is 0.854 bits per heavy atom. The van der Waals surface area contributed by atoms with Crippen LogP contribution in [-0.2, 0) is 0 Å². The predicted octanol–water partition coefficient (Wildman–Crippen LogP) is 8.21. The van der Waals surface area contributed by atoms with Crippen LogP contribution in [0.25, 0.3) is 22.4 Å². The maximum absolute atomic E-state index is 15.8. The Morgan fingerprint density at radius 2 is 1.51 bits per heavy atom. The molecule has 0 saturated heterocycles. The molecule has 2 N–H and O–H groups in total. The Balaban J connectivity index is 1.59. The van der Waals surface area contributed by atoms with Crippen LogP contribution in [0.1, 0.15) is 71.1 Å². The van der Waals surface area contributed by atoms with Crippen molar-refractivity contribution in [2.24, 2.45) is 0 Å². The quantitative estimate of drug-likeness (QED) is 0.207. The van der Waals surface area contributed by atoms with Crippen molar-refractivity contribution in [1.29, 1.82) is 0 Å². The zero-order chi connectivity index (χ0) is 28.7. The van der Waals surface area contributed by atoms with Crippen LogP contribution in [0.5, 0.6) is 5.75 Å². The van der Waals surface area contributed by atoms with Crippen molar-refractivity contribution < 1.29 is 28.2 Å². The van der Waals surface area contributed by atoms with E-state index in [4.69, 9.17) is 4.98 Å². The van der Waals surface area contributed by atoms with Crippen molar-refractivity contribution in [3.8, 4) is 17.1 Å². The predicted molar refractivity (Wildman–Crippen MR) is 150 cm³/mol. The van der Waals surface area contributed by atoms with E-state index >= 15 is 4.39 Å². The maximum Gasteiger partial charge on any atom is 0.335 e. The highest BCUT2D eigenvalue weighted by molar-refractivity contribution is 5.93. The second kappa shape index (κ2) is 10.8. The second-order valence-corrected chi connectivity index (χ2v) is 10.5. The van der Waals surface area contributed by atoms with E-state index in [0.29, 0.717) is 28.0 Å². The van der Waals surface area contributed by atoms with Crippen molar-refractivity contribution in [3.05, 3.63) is 119 Å². The van der Waals surface area contributed by atoms with E-state index in [9.17, 15) is 23.8 Å². The van der Waals surface area contributed by atoms with Gasteiger partial charge < -0.3 is 14.8 Å². The van der Waals surface area contributed by atoms with Crippen molar-refractivity contribution in [3.63, 3.8) is 0 Å². The van der Waals surface area contributed by atoms with Crippen LogP contribution in [-0.4, -0.2) is 25.7 Å². The Hall–Kier alpha value is -4.59. The number of phenolic OH excluding ortho intramolecular Hbond substituents is 1. The second-order valence-electron chi connectivity index (χ2n) is 10.5. The average Bonchev–Trinajstić information content (AvgIpc) is 3.33. The summed E-state index contributed by atoms with van der Waals surface area (Å²) in [4.78, 5) is 16.4. The minimum atomic E-state index is -1.09. The van der Waals surface area contributed by atoms with Crippen LogP contribution < -0.4 is 0 Å². The summed E-state index contributed by atoms with van der Waals surface area (Å²) in [5, 5.41) is 20.6. The lowest BCUT2D eigenvalue weighted by Gasteiger charge is -2.26. The summed E-state index contributed by atoms with van der Waals surface area (Å²) in [6.45, 7) is 0. The van der Waals surface area contributed by atoms with Gasteiger partial charge in [0, 0.05) is 23.6 Å². The standard InChI is InChI=1S/C33H27F3N2O3/c34-22-8-4-6-19(14-22)31(20-7-5-9-23(35)15-20)26-17-25(27(36)18-30(26)39)32-37-28-16-21(33(40)41)12-13-29(28)38(32)24-10-2-1-3-11-24/h4-9,12-18,24,31,39H,1-3,10-11H2,(H,40,41). The minimum absolute atomic E-state index is 0.0262. The molecule has 0 spiro atoms. The molecular weight excluding hydrogens is 529 g/mol. The summed E-state index contributed by atoms with van der Waals surface area (Å²) in [7, 11) is 0. The van der Waals surface area contributed by atoms with Crippen LogP contribution in [0.3, 0.4) is 0 Å². The van der Waals surface area contributed by atoms with Gasteiger partial charge in [0.15, 0.2) is 0 Å². The Kier molecular flexibility index (Phi) is 6.99. The summed E-state index contributed by atoms with van der Waals surface area (Å²) in [6.07, 6.45) is 4.83. The maximum atomic E-state index is 15.8. The van der Waals surface area contributed by atoms with Gasteiger partial charge in [-0.1, -0.05) is 43.5 Å². The van der Waals surface area contributed by atoms with Gasteiger partial charge in [-0.05, 0) is 72.5 Å². The number of carboxylic acid groups (broad SMARTS) is 1. The molecule has 0 bridgehead atoms. The van der Waals surface area contributed by atoms with Gasteiger partial charge >= 0.3 is 5.97 Å². The van der Waals surface area contributed by atoms with E-state index < -0.39 is 29.3 Å². The lowest BCUT2D eigenvalue weighted by molar-refractivity contribution is 0.0697. The zero-order valence-corrected chi connectivity index (χ0v) is 22.0. The van der Waals surface area contributed by atoms with Gasteiger partial charge in [0.1, 0.15) is 29.0 Å². The number of aromatic hydroxyl groups is 1. The molecule has 0 amide bonds. The third-order valence-electron chi connectivity index (χ3n) is 7.91. The van der Waals surface area contributed by atoms with Crippen molar-refractivity contribution >= 4 is 17.0 Å². The molecule has 1 heterocycles. The summed E-state index contributed by atoms with van der Waals surface area (Å²) >= 11 is 0. The monoisotopic (exact) mass is 556 g/mol. The molecule has 5 nitrogen and oxygen atoms in total. The number of hydrogen-bond donors (Lipinski definition) is 2. The number of phenols is 1. The van der Waals surface area contributed by atoms with Crippen LogP contribution >= 0.6 is 0 Å². The van der Waals surface area contributed by atoms with Crippen LogP contribution in [0, 0.1) is 17.5 Å². The molecule has 0 radical (unpaired) electrons. The molecule has 1 aliphatic carbocycles. The van der Waals surface area contributed by atoms with E-state index in [1.54, 1.807) is 18.2 Å². The van der Waals surface area contributed by atoms with Crippen LogP contribution in [0.15, 0.2) is 78.9 Å². The topological polar surface area (TPSA) is 75.3 Å². The summed E-state index contributed by atoms with van der Waals surface area (Å²) < 4.78 is 46.5. The fourth-order valence-corrected chi connectivity index (χ4v) is 6.04. The normalized spacial score (nSPS) is 14.1. The van der Waals surface area contributed by atoms with Crippen molar-refractivity contribution in [2.45, 2.75) is 44.1 Å². The SMILES string of the molecule is O=C(O)c1ccc2c(c1)nc(-c1cc(C(c3cccc(F)c3)c3cccc(F)c3)c(O)cc1F)n2C1CCCCC1. The van der Waals surface area contributed by atoms with Gasteiger partial charge in [-0.15, -0.1) is 0 Å². The van der Waals surface area contributed by atoms with E-state index in [1.165, 1.54) is 54.6 Å². The Labute approximate surface area is 234 Å². The third kappa shape index (κ3) is 5.06. The molecule has 0 atom stereocenters. The summed E-state index contributed by atoms with van der Waals surface area (Å²) in [5.74, 6) is -3.67. The molecule has 0 aliphatic heterocycles. The molecule has 1 aromatic heterocycles. The van der Waals surface area contributed by atoms with Gasteiger partial charge in [-0.2, -0.15) is 0 Å². The number of carboxylic acids is 1. The number of carbonyl (C=O) groups is 1. The summed E-state index contributed by atoms with van der Waals surface area (Å²) in [6, 6.07) is 18.8. The molecule has 5 aromatic rings. The molecule has 4 aromatic carbocycles. The number of benzene rings is 4. The number of aromatic nitrogens is 2. The minimum Gasteiger partial charge on any atom is -0.508 e. The first-order valence-corrected chi connectivity index (χ1v) is 13.6. The van der Waals surface area contributed by atoms with E-state index in [0.717, 1.165) is 38.2 Å². The van der Waals surface area contributed by atoms with E-state index in [2.05, 4.69) is 0 Å². The first kappa shape index (κ1) is 26.6. The highest BCUT2D eigenvalue weighted by Crippen LogP contribution is 2.42. The van der Waals surface area contributed by atoms with Gasteiger partial charge in [0.05, 0.1) is 22.2 Å². The van der Waals surface area contributed by atoms with Gasteiger partial charge in [0.25, 0.3) is 0 Å². The zero-order valence-electron chi connectivity index (χ0n) is 22.0. The fourth-order valence-electron chi connectivity index (χ4n) is 6.04. The number of fused-ring (bicyclic) bond motifs is 1. The molecule has 1 fully saturated rings. The lowest BCUT2D eigenvalue weighted by atomic mass is 9.83. The largest absolute Gasteiger partial charge is 0.508 e. The van der Waals surface area contributed by atoms with Crippen molar-refractivity contribution in [2.75, 3.05) is 0 Å². The Morgan fingerprint density at radius 3 is 2.12 bits per heavy atom. The first-order valence-electron chi connectivity index (χ1n) is 13.6. The molecular formula is C33H27F3N2O3. The molecule has 41 heavy (non-hydrogen) atoms. The third-order valence-corrected chi connectivity index (χ3v) is 7.91. The average molecular weight is 557 g/mol. The number of halogens is 3. The van der Waals surface area contributed by atoms with E-state index in [-0.39, 0.29) is 28.5 Å². The number of rotatable bonds is 6. The first-order chi connectivity index (χ1) is 19.8. The van der Waals surface area contributed by atoms with Crippen molar-refractivity contribution in [1.82, 2.24) is 9.55 Å². The Bertz CT molecular complexity index is 1730.